The summed E-state index contributed by atoms with van der Waals surface area (Å²) in [6.45, 7) is 3.88. The molecule has 0 atom stereocenters. The molecule has 0 radical (unpaired) electrons. The SMILES string of the molecule is COC(=O)CCC1(C)CCOCC1. The molecule has 1 fully saturated rings. The maximum absolute atomic E-state index is 10.9. The first-order valence-corrected chi connectivity index (χ1v) is 4.81. The predicted molar refractivity (Wildman–Crippen MR) is 49.4 cm³/mol. The lowest BCUT2D eigenvalue weighted by Gasteiger charge is -2.33. The van der Waals surface area contributed by atoms with Crippen LogP contribution in [0.4, 0.5) is 0 Å². The summed E-state index contributed by atoms with van der Waals surface area (Å²) in [5.41, 5.74) is 0.284. The minimum Gasteiger partial charge on any atom is -0.469 e. The smallest absolute Gasteiger partial charge is 0.305 e. The van der Waals surface area contributed by atoms with Crippen LogP contribution in [0.1, 0.15) is 32.6 Å². The Labute approximate surface area is 79.4 Å². The van der Waals surface area contributed by atoms with Crippen LogP contribution in [0.25, 0.3) is 0 Å². The Morgan fingerprint density at radius 2 is 2.08 bits per heavy atom. The van der Waals surface area contributed by atoms with Crippen LogP contribution in [0.3, 0.4) is 0 Å². The first-order chi connectivity index (χ1) is 6.16. The summed E-state index contributed by atoms with van der Waals surface area (Å²) in [5.74, 6) is -0.104. The molecule has 0 spiro atoms. The fourth-order valence-electron chi connectivity index (χ4n) is 1.62. The highest BCUT2D eigenvalue weighted by molar-refractivity contribution is 5.69. The second kappa shape index (κ2) is 4.61. The van der Waals surface area contributed by atoms with E-state index in [1.807, 2.05) is 0 Å². The molecule has 1 saturated heterocycles. The van der Waals surface area contributed by atoms with E-state index in [0.717, 1.165) is 32.5 Å². The topological polar surface area (TPSA) is 35.5 Å². The normalized spacial score (nSPS) is 21.1. The van der Waals surface area contributed by atoms with E-state index >= 15 is 0 Å². The van der Waals surface area contributed by atoms with Crippen molar-refractivity contribution >= 4 is 5.97 Å². The van der Waals surface area contributed by atoms with E-state index in [1.54, 1.807) is 0 Å². The Kier molecular flexibility index (Phi) is 3.72. The van der Waals surface area contributed by atoms with E-state index in [1.165, 1.54) is 7.11 Å². The van der Waals surface area contributed by atoms with E-state index in [9.17, 15) is 4.79 Å². The average Bonchev–Trinajstić information content (AvgIpc) is 2.15. The van der Waals surface area contributed by atoms with E-state index in [2.05, 4.69) is 11.7 Å². The first kappa shape index (κ1) is 10.5. The van der Waals surface area contributed by atoms with Crippen molar-refractivity contribution in [1.29, 1.82) is 0 Å². The van der Waals surface area contributed by atoms with Crippen LogP contribution in [-0.2, 0) is 14.3 Å². The minimum absolute atomic E-state index is 0.104. The lowest BCUT2D eigenvalue weighted by Crippen LogP contribution is -2.27. The van der Waals surface area contributed by atoms with Gasteiger partial charge in [0.05, 0.1) is 7.11 Å². The Morgan fingerprint density at radius 1 is 1.46 bits per heavy atom. The molecular formula is C10H18O3. The molecule has 1 aliphatic heterocycles. The molecule has 0 aromatic heterocycles. The summed E-state index contributed by atoms with van der Waals surface area (Å²) in [4.78, 5) is 10.9. The Balaban J connectivity index is 2.28. The van der Waals surface area contributed by atoms with Gasteiger partial charge in [-0.3, -0.25) is 4.79 Å². The van der Waals surface area contributed by atoms with E-state index < -0.39 is 0 Å². The quantitative estimate of drug-likeness (QED) is 0.630. The van der Waals surface area contributed by atoms with Crippen molar-refractivity contribution in [2.24, 2.45) is 5.41 Å². The molecule has 76 valence electrons. The molecule has 1 heterocycles. The largest absolute Gasteiger partial charge is 0.469 e. The van der Waals surface area contributed by atoms with Gasteiger partial charge in [-0.15, -0.1) is 0 Å². The summed E-state index contributed by atoms with van der Waals surface area (Å²) in [7, 11) is 1.44. The van der Waals surface area contributed by atoms with Crippen molar-refractivity contribution in [1.82, 2.24) is 0 Å². The van der Waals surface area contributed by atoms with Crippen LogP contribution in [0.5, 0.6) is 0 Å². The second-order valence-electron chi connectivity index (χ2n) is 4.00. The van der Waals surface area contributed by atoms with Crippen molar-refractivity contribution in [3.63, 3.8) is 0 Å². The van der Waals surface area contributed by atoms with Crippen molar-refractivity contribution in [3.8, 4) is 0 Å². The molecule has 0 amide bonds. The third kappa shape index (κ3) is 3.35. The molecule has 0 aliphatic carbocycles. The fourth-order valence-corrected chi connectivity index (χ4v) is 1.62. The number of hydrogen-bond acceptors (Lipinski definition) is 3. The maximum atomic E-state index is 10.9. The number of hydrogen-bond donors (Lipinski definition) is 0. The maximum Gasteiger partial charge on any atom is 0.305 e. The van der Waals surface area contributed by atoms with Gasteiger partial charge >= 0.3 is 5.97 Å². The summed E-state index contributed by atoms with van der Waals surface area (Å²) < 4.78 is 9.90. The molecule has 1 aliphatic rings. The van der Waals surface area contributed by atoms with Crippen LogP contribution in [-0.4, -0.2) is 26.3 Å². The van der Waals surface area contributed by atoms with Gasteiger partial charge in [0.15, 0.2) is 0 Å². The van der Waals surface area contributed by atoms with Crippen LogP contribution in [0, 0.1) is 5.41 Å². The zero-order chi connectivity index (χ0) is 9.73. The van der Waals surface area contributed by atoms with Gasteiger partial charge in [-0.2, -0.15) is 0 Å². The number of ether oxygens (including phenoxy) is 2. The average molecular weight is 186 g/mol. The van der Waals surface area contributed by atoms with Crippen molar-refractivity contribution in [2.45, 2.75) is 32.6 Å². The van der Waals surface area contributed by atoms with Gasteiger partial charge in [-0.25, -0.2) is 0 Å². The number of rotatable bonds is 3. The van der Waals surface area contributed by atoms with Gasteiger partial charge in [0.2, 0.25) is 0 Å². The highest BCUT2D eigenvalue weighted by Gasteiger charge is 2.27. The molecular weight excluding hydrogens is 168 g/mol. The molecule has 0 aromatic carbocycles. The van der Waals surface area contributed by atoms with E-state index in [4.69, 9.17) is 4.74 Å². The molecule has 3 nitrogen and oxygen atoms in total. The summed E-state index contributed by atoms with van der Waals surface area (Å²) in [6.07, 6.45) is 3.57. The Hall–Kier alpha value is -0.570. The minimum atomic E-state index is -0.104. The zero-order valence-electron chi connectivity index (χ0n) is 8.47. The Morgan fingerprint density at radius 3 is 2.62 bits per heavy atom. The van der Waals surface area contributed by atoms with Crippen LogP contribution < -0.4 is 0 Å². The van der Waals surface area contributed by atoms with Gasteiger partial charge in [-0.1, -0.05) is 6.92 Å². The number of carbonyl (C=O) groups is 1. The molecule has 13 heavy (non-hydrogen) atoms. The molecule has 1 rings (SSSR count). The van der Waals surface area contributed by atoms with Gasteiger partial charge in [0.1, 0.15) is 0 Å². The van der Waals surface area contributed by atoms with Gasteiger partial charge in [0, 0.05) is 19.6 Å². The lowest BCUT2D eigenvalue weighted by atomic mass is 9.78. The first-order valence-electron chi connectivity index (χ1n) is 4.81. The second-order valence-corrected chi connectivity index (χ2v) is 4.00. The highest BCUT2D eigenvalue weighted by atomic mass is 16.5. The predicted octanol–water partition coefficient (Wildman–Crippen LogP) is 1.76. The molecule has 0 N–H and O–H groups in total. The van der Waals surface area contributed by atoms with Crippen LogP contribution >= 0.6 is 0 Å². The van der Waals surface area contributed by atoms with Gasteiger partial charge < -0.3 is 9.47 Å². The summed E-state index contributed by atoms with van der Waals surface area (Å²) in [5, 5.41) is 0. The summed E-state index contributed by atoms with van der Waals surface area (Å²) in [6, 6.07) is 0. The van der Waals surface area contributed by atoms with E-state index in [0.29, 0.717) is 6.42 Å². The molecule has 0 bridgehead atoms. The van der Waals surface area contributed by atoms with Gasteiger partial charge in [0.25, 0.3) is 0 Å². The monoisotopic (exact) mass is 186 g/mol. The standard InChI is InChI=1S/C10H18O3/c1-10(4-3-9(11)12-2)5-7-13-8-6-10/h3-8H2,1-2H3. The summed E-state index contributed by atoms with van der Waals surface area (Å²) >= 11 is 0. The lowest BCUT2D eigenvalue weighted by molar-refractivity contribution is -0.141. The van der Waals surface area contributed by atoms with E-state index in [-0.39, 0.29) is 11.4 Å². The molecule has 3 heteroatoms. The Bertz CT molecular complexity index is 171. The van der Waals surface area contributed by atoms with Gasteiger partial charge in [-0.05, 0) is 24.7 Å². The van der Waals surface area contributed by atoms with Crippen molar-refractivity contribution in [2.75, 3.05) is 20.3 Å². The van der Waals surface area contributed by atoms with Crippen LogP contribution in [0.15, 0.2) is 0 Å². The third-order valence-corrected chi connectivity index (χ3v) is 2.86. The number of esters is 1. The molecule has 0 unspecified atom stereocenters. The zero-order valence-corrected chi connectivity index (χ0v) is 8.47. The molecule has 0 saturated carbocycles. The third-order valence-electron chi connectivity index (χ3n) is 2.86. The fraction of sp³-hybridized carbons (Fsp3) is 0.900. The van der Waals surface area contributed by atoms with Crippen LogP contribution in [0.2, 0.25) is 0 Å². The highest BCUT2D eigenvalue weighted by Crippen LogP contribution is 2.34. The molecule has 0 aromatic rings. The van der Waals surface area contributed by atoms with Crippen molar-refractivity contribution in [3.05, 3.63) is 0 Å². The number of methoxy groups -OCH3 is 1. The van der Waals surface area contributed by atoms with Crippen molar-refractivity contribution < 1.29 is 14.3 Å². The number of carbonyl (C=O) groups excluding carboxylic acids is 1.